The number of carbonyl (C=O) groups excluding carboxylic acids is 1. The minimum absolute atomic E-state index is 0. The van der Waals surface area contributed by atoms with E-state index >= 15 is 0 Å². The third-order valence-corrected chi connectivity index (χ3v) is 4.83. The van der Waals surface area contributed by atoms with Crippen molar-refractivity contribution >= 4 is 36.0 Å². The Morgan fingerprint density at radius 3 is 2.17 bits per heavy atom. The lowest BCUT2D eigenvalue weighted by molar-refractivity contribution is 0.0185. The molecule has 0 saturated carbocycles. The number of likely N-dealkylation sites (tertiary alicyclic amines) is 1. The number of hydrogen-bond acceptors (Lipinski definition) is 4. The summed E-state index contributed by atoms with van der Waals surface area (Å²) in [4.78, 5) is 18.7. The largest absolute Gasteiger partial charge is 0.444 e. The number of nitrogens with zero attached hydrogens (tertiary/aromatic N) is 2. The maximum Gasteiger partial charge on any atom is 0.410 e. The fourth-order valence-electron chi connectivity index (χ4n) is 3.11. The number of hydrogen-bond donors (Lipinski definition) is 2. The van der Waals surface area contributed by atoms with Crippen LogP contribution in [0.1, 0.15) is 61.3 Å². The molecule has 172 valence electrons. The van der Waals surface area contributed by atoms with Crippen LogP contribution in [0.2, 0.25) is 0 Å². The summed E-state index contributed by atoms with van der Waals surface area (Å²) in [5.41, 5.74) is -0.399. The predicted octanol–water partition coefficient (Wildman–Crippen LogP) is 3.87. The van der Waals surface area contributed by atoms with Crippen LogP contribution < -0.4 is 10.6 Å². The lowest BCUT2D eigenvalue weighted by atomic mass is 9.89. The maximum absolute atomic E-state index is 12.2. The summed E-state index contributed by atoms with van der Waals surface area (Å²) in [5.74, 6) is 1.34. The summed E-state index contributed by atoms with van der Waals surface area (Å²) in [5, 5.41) is 6.76. The molecule has 0 aromatic carbocycles. The van der Waals surface area contributed by atoms with Gasteiger partial charge in [0.25, 0.3) is 0 Å². The van der Waals surface area contributed by atoms with E-state index in [1.54, 1.807) is 7.11 Å². The first-order chi connectivity index (χ1) is 13.0. The molecule has 1 heterocycles. The molecule has 0 aliphatic carbocycles. The first kappa shape index (κ1) is 28.2. The van der Waals surface area contributed by atoms with Crippen molar-refractivity contribution in [3.63, 3.8) is 0 Å². The summed E-state index contributed by atoms with van der Waals surface area (Å²) in [6, 6.07) is 0. The number of rotatable bonds is 6. The van der Waals surface area contributed by atoms with Gasteiger partial charge in [0.05, 0.1) is 12.6 Å². The van der Waals surface area contributed by atoms with E-state index < -0.39 is 5.60 Å². The number of nitrogens with one attached hydrogen (secondary N) is 2. The van der Waals surface area contributed by atoms with Gasteiger partial charge in [-0.15, -0.1) is 24.0 Å². The molecule has 1 rings (SSSR count). The van der Waals surface area contributed by atoms with Crippen LogP contribution in [0.3, 0.4) is 0 Å². The zero-order valence-corrected chi connectivity index (χ0v) is 22.0. The third kappa shape index (κ3) is 11.3. The maximum atomic E-state index is 12.2. The minimum atomic E-state index is -0.445. The monoisotopic (exact) mass is 526 g/mol. The Balaban J connectivity index is 0.00000784. The zero-order chi connectivity index (χ0) is 21.4. The summed E-state index contributed by atoms with van der Waals surface area (Å²) in [7, 11) is 1.74. The molecule has 0 aromatic rings. The Kier molecular flexibility index (Phi) is 12.5. The van der Waals surface area contributed by atoms with Crippen molar-refractivity contribution in [2.45, 2.75) is 73.0 Å². The molecule has 1 amide bonds. The molecule has 7 nitrogen and oxygen atoms in total. The van der Waals surface area contributed by atoms with E-state index in [0.29, 0.717) is 12.5 Å². The summed E-state index contributed by atoms with van der Waals surface area (Å²) in [6.45, 7) is 18.0. The Morgan fingerprint density at radius 2 is 1.72 bits per heavy atom. The fourth-order valence-corrected chi connectivity index (χ4v) is 3.11. The highest BCUT2D eigenvalue weighted by molar-refractivity contribution is 14.0. The SMILES string of the molecule is CCNC(=NCC(OC)C(C)(C)C)NCC1CCN(C(=O)OC(C)(C)C)CC1.I. The van der Waals surface area contributed by atoms with Gasteiger partial charge in [0.1, 0.15) is 5.60 Å². The van der Waals surface area contributed by atoms with E-state index in [4.69, 9.17) is 14.5 Å². The predicted molar refractivity (Wildman–Crippen MR) is 130 cm³/mol. The van der Waals surface area contributed by atoms with Crippen molar-refractivity contribution in [2.75, 3.05) is 39.8 Å². The Morgan fingerprint density at radius 1 is 1.14 bits per heavy atom. The van der Waals surface area contributed by atoms with E-state index in [1.807, 2.05) is 25.7 Å². The lowest BCUT2D eigenvalue weighted by Gasteiger charge is -2.33. The number of guanidine groups is 1. The average molecular weight is 527 g/mol. The van der Waals surface area contributed by atoms with Gasteiger partial charge in [0.15, 0.2) is 5.96 Å². The molecule has 1 aliphatic rings. The van der Waals surface area contributed by atoms with E-state index in [0.717, 1.165) is 45.0 Å². The number of methoxy groups -OCH3 is 1. The van der Waals surface area contributed by atoms with Crippen LogP contribution in [-0.4, -0.2) is 68.5 Å². The highest BCUT2D eigenvalue weighted by Gasteiger charge is 2.27. The first-order valence-electron chi connectivity index (χ1n) is 10.5. The minimum Gasteiger partial charge on any atom is -0.444 e. The van der Waals surface area contributed by atoms with Crippen LogP contribution in [0.15, 0.2) is 4.99 Å². The highest BCUT2D eigenvalue weighted by atomic mass is 127. The number of halogens is 1. The van der Waals surface area contributed by atoms with Gasteiger partial charge in [-0.25, -0.2) is 4.79 Å². The number of piperidine rings is 1. The van der Waals surface area contributed by atoms with E-state index in [2.05, 4.69) is 38.3 Å². The Hall–Kier alpha value is -0.770. The quantitative estimate of drug-likeness (QED) is 0.312. The lowest BCUT2D eigenvalue weighted by Crippen LogP contribution is -2.45. The third-order valence-electron chi connectivity index (χ3n) is 4.83. The molecule has 1 fully saturated rings. The molecule has 1 atom stereocenters. The molecule has 29 heavy (non-hydrogen) atoms. The Bertz CT molecular complexity index is 507. The molecule has 0 spiro atoms. The van der Waals surface area contributed by atoms with E-state index in [-0.39, 0.29) is 41.6 Å². The van der Waals surface area contributed by atoms with Crippen molar-refractivity contribution in [3.05, 3.63) is 0 Å². The second kappa shape index (κ2) is 12.8. The van der Waals surface area contributed by atoms with Crippen LogP contribution in [0.5, 0.6) is 0 Å². The molecule has 1 saturated heterocycles. The molecule has 8 heteroatoms. The van der Waals surface area contributed by atoms with Gasteiger partial charge >= 0.3 is 6.09 Å². The topological polar surface area (TPSA) is 75.2 Å². The molecule has 1 aliphatic heterocycles. The number of aliphatic imine (C=N–C) groups is 1. The smallest absolute Gasteiger partial charge is 0.410 e. The summed E-state index contributed by atoms with van der Waals surface area (Å²) in [6.07, 6.45) is 1.80. The summed E-state index contributed by atoms with van der Waals surface area (Å²) >= 11 is 0. The van der Waals surface area contributed by atoms with Crippen molar-refractivity contribution in [2.24, 2.45) is 16.3 Å². The van der Waals surface area contributed by atoms with Gasteiger partial charge in [-0.1, -0.05) is 20.8 Å². The highest BCUT2D eigenvalue weighted by Crippen LogP contribution is 2.22. The molecule has 0 aromatic heterocycles. The molecule has 0 radical (unpaired) electrons. The van der Waals surface area contributed by atoms with Gasteiger partial charge in [0.2, 0.25) is 0 Å². The standard InChI is InChI=1S/C21H42N4O3.HI/c1-9-22-18(24-15-17(27-8)20(2,3)4)23-14-16-10-12-25(13-11-16)19(26)28-21(5,6)7;/h16-17H,9-15H2,1-8H3,(H2,22,23,24);1H. The van der Waals surface area contributed by atoms with Gasteiger partial charge in [-0.3, -0.25) is 4.99 Å². The van der Waals surface area contributed by atoms with Gasteiger partial charge < -0.3 is 25.0 Å². The zero-order valence-electron chi connectivity index (χ0n) is 19.6. The second-order valence-corrected chi connectivity index (χ2v) is 9.60. The van der Waals surface area contributed by atoms with Gasteiger partial charge in [0, 0.05) is 33.3 Å². The van der Waals surface area contributed by atoms with Crippen LogP contribution >= 0.6 is 24.0 Å². The van der Waals surface area contributed by atoms with Gasteiger partial charge in [-0.05, 0) is 51.9 Å². The summed E-state index contributed by atoms with van der Waals surface area (Å²) < 4.78 is 11.1. The molecule has 2 N–H and O–H groups in total. The second-order valence-electron chi connectivity index (χ2n) is 9.60. The fraction of sp³-hybridized carbons (Fsp3) is 0.905. The molecular formula is C21H43IN4O3. The van der Waals surface area contributed by atoms with Gasteiger partial charge in [-0.2, -0.15) is 0 Å². The van der Waals surface area contributed by atoms with Crippen LogP contribution in [0.4, 0.5) is 4.79 Å². The van der Waals surface area contributed by atoms with E-state index in [1.165, 1.54) is 0 Å². The normalized spacial score (nSPS) is 17.4. The molecular weight excluding hydrogens is 483 g/mol. The Labute approximate surface area is 194 Å². The molecule has 1 unspecified atom stereocenters. The number of carbonyl (C=O) groups is 1. The molecule has 0 bridgehead atoms. The number of amides is 1. The van der Waals surface area contributed by atoms with Crippen LogP contribution in [-0.2, 0) is 9.47 Å². The van der Waals surface area contributed by atoms with Crippen molar-refractivity contribution in [1.82, 2.24) is 15.5 Å². The van der Waals surface area contributed by atoms with Crippen molar-refractivity contribution in [3.8, 4) is 0 Å². The van der Waals surface area contributed by atoms with Crippen molar-refractivity contribution in [1.29, 1.82) is 0 Å². The first-order valence-corrected chi connectivity index (χ1v) is 10.5. The van der Waals surface area contributed by atoms with Crippen LogP contribution in [0.25, 0.3) is 0 Å². The number of ether oxygens (including phenoxy) is 2. The van der Waals surface area contributed by atoms with Crippen molar-refractivity contribution < 1.29 is 14.3 Å². The van der Waals surface area contributed by atoms with E-state index in [9.17, 15) is 4.79 Å². The average Bonchev–Trinajstić information content (AvgIpc) is 2.57. The van der Waals surface area contributed by atoms with Crippen LogP contribution in [0, 0.1) is 11.3 Å².